The van der Waals surface area contributed by atoms with Crippen molar-refractivity contribution in [3.8, 4) is 33.9 Å². The van der Waals surface area contributed by atoms with E-state index in [9.17, 15) is 4.79 Å². The minimum Gasteiger partial charge on any atom is -0.353 e. The summed E-state index contributed by atoms with van der Waals surface area (Å²) in [5.41, 5.74) is 7.24. The number of carbonyl (C=O) groups excluding carboxylic acids is 1. The van der Waals surface area contributed by atoms with E-state index in [1.165, 1.54) is 0 Å². The molecule has 182 valence electrons. The van der Waals surface area contributed by atoms with Crippen LogP contribution >= 0.6 is 0 Å². The molecule has 6 aromatic rings. The van der Waals surface area contributed by atoms with Gasteiger partial charge in [0.2, 0.25) is 5.91 Å². The fourth-order valence-electron chi connectivity index (χ4n) is 4.38. The largest absolute Gasteiger partial charge is 0.353 e. The first-order chi connectivity index (χ1) is 18.2. The van der Waals surface area contributed by atoms with Crippen molar-refractivity contribution < 1.29 is 4.79 Å². The third-order valence-electron chi connectivity index (χ3n) is 6.24. The molecule has 0 aliphatic rings. The van der Waals surface area contributed by atoms with Gasteiger partial charge in [-0.2, -0.15) is 5.10 Å². The SMILES string of the molecule is CCCCC(=O)Nc1cncc(-c2cnc3[nH]nc(-c4cc5c(-c6ccccn6)nccc5[nH]4)c3c2)c1. The van der Waals surface area contributed by atoms with Crippen molar-refractivity contribution in [2.24, 2.45) is 0 Å². The van der Waals surface area contributed by atoms with Gasteiger partial charge in [0.15, 0.2) is 5.65 Å². The number of carbonyl (C=O) groups is 1. The first kappa shape index (κ1) is 22.5. The van der Waals surface area contributed by atoms with Crippen molar-refractivity contribution >= 4 is 33.5 Å². The summed E-state index contributed by atoms with van der Waals surface area (Å²) in [6.45, 7) is 2.06. The van der Waals surface area contributed by atoms with Crippen LogP contribution in [0.25, 0.3) is 55.8 Å². The highest BCUT2D eigenvalue weighted by Gasteiger charge is 2.16. The van der Waals surface area contributed by atoms with Crippen molar-refractivity contribution in [1.29, 1.82) is 0 Å². The minimum absolute atomic E-state index is 0.00938. The average Bonchev–Trinajstić information content (AvgIpc) is 3.56. The van der Waals surface area contributed by atoms with Gasteiger partial charge in [-0.1, -0.05) is 19.4 Å². The lowest BCUT2D eigenvalue weighted by Crippen LogP contribution is -2.11. The average molecular weight is 489 g/mol. The third kappa shape index (κ3) is 4.42. The van der Waals surface area contributed by atoms with Crippen LogP contribution in [0.2, 0.25) is 0 Å². The van der Waals surface area contributed by atoms with Gasteiger partial charge >= 0.3 is 0 Å². The van der Waals surface area contributed by atoms with E-state index in [4.69, 9.17) is 0 Å². The smallest absolute Gasteiger partial charge is 0.224 e. The van der Waals surface area contributed by atoms with Crippen LogP contribution in [0.4, 0.5) is 5.69 Å². The van der Waals surface area contributed by atoms with Gasteiger partial charge in [-0.3, -0.25) is 24.8 Å². The number of amides is 1. The van der Waals surface area contributed by atoms with Crippen molar-refractivity contribution in [3.63, 3.8) is 0 Å². The van der Waals surface area contributed by atoms with Crippen LogP contribution in [0.1, 0.15) is 26.2 Å². The van der Waals surface area contributed by atoms with Gasteiger partial charge in [0.25, 0.3) is 0 Å². The van der Waals surface area contributed by atoms with E-state index in [1.807, 2.05) is 42.5 Å². The number of pyridine rings is 4. The zero-order valence-corrected chi connectivity index (χ0v) is 20.2. The standard InChI is InChI=1S/C28H24N8O/c1-2-3-7-25(37)33-19-11-17(14-29-16-19)18-12-21-27(35-36-28(21)32-15-18)24-13-20-22(34-24)8-10-31-26(20)23-6-4-5-9-30-23/h4-6,8-16,34H,2-3,7H2,1H3,(H,33,37)(H,32,35,36). The van der Waals surface area contributed by atoms with E-state index >= 15 is 0 Å². The Hall–Kier alpha value is -4.92. The quantitative estimate of drug-likeness (QED) is 0.263. The van der Waals surface area contributed by atoms with Crippen molar-refractivity contribution in [1.82, 2.24) is 35.1 Å². The van der Waals surface area contributed by atoms with E-state index in [-0.39, 0.29) is 5.91 Å². The molecule has 6 heterocycles. The molecule has 9 heteroatoms. The van der Waals surface area contributed by atoms with E-state index < -0.39 is 0 Å². The van der Waals surface area contributed by atoms with Crippen LogP contribution in [0.5, 0.6) is 0 Å². The highest BCUT2D eigenvalue weighted by atomic mass is 16.1. The maximum Gasteiger partial charge on any atom is 0.224 e. The molecule has 6 aromatic heterocycles. The molecule has 0 aliphatic heterocycles. The number of H-pyrrole nitrogens is 2. The lowest BCUT2D eigenvalue weighted by atomic mass is 10.1. The number of aromatic nitrogens is 7. The van der Waals surface area contributed by atoms with Crippen LogP contribution < -0.4 is 5.32 Å². The zero-order chi connectivity index (χ0) is 25.2. The first-order valence-corrected chi connectivity index (χ1v) is 12.2. The summed E-state index contributed by atoms with van der Waals surface area (Å²) in [4.78, 5) is 33.6. The summed E-state index contributed by atoms with van der Waals surface area (Å²) in [5.74, 6) is -0.00938. The summed E-state index contributed by atoms with van der Waals surface area (Å²) in [6.07, 6.45) is 11.1. The molecule has 0 spiro atoms. The Morgan fingerprint density at radius 2 is 1.84 bits per heavy atom. The Labute approximate surface area is 212 Å². The van der Waals surface area contributed by atoms with Crippen LogP contribution in [0.3, 0.4) is 0 Å². The minimum atomic E-state index is -0.00938. The summed E-state index contributed by atoms with van der Waals surface area (Å²) in [7, 11) is 0. The Morgan fingerprint density at radius 3 is 2.70 bits per heavy atom. The van der Waals surface area contributed by atoms with Gasteiger partial charge in [0, 0.05) is 58.6 Å². The molecule has 0 bridgehead atoms. The fourth-order valence-corrected chi connectivity index (χ4v) is 4.38. The fraction of sp³-hybridized carbons (Fsp3) is 0.143. The maximum absolute atomic E-state index is 12.2. The Bertz CT molecular complexity index is 1720. The number of unbranched alkanes of at least 4 members (excludes halogenated alkanes) is 1. The van der Waals surface area contributed by atoms with E-state index in [1.54, 1.807) is 31.0 Å². The van der Waals surface area contributed by atoms with Gasteiger partial charge in [0.05, 0.1) is 29.0 Å². The molecule has 1 amide bonds. The molecule has 0 radical (unpaired) electrons. The molecule has 0 saturated carbocycles. The number of nitrogens with zero attached hydrogens (tertiary/aromatic N) is 5. The zero-order valence-electron chi connectivity index (χ0n) is 20.2. The molecule has 3 N–H and O–H groups in total. The Kier molecular flexibility index (Phi) is 5.86. The molecule has 6 rings (SSSR count). The van der Waals surface area contributed by atoms with Gasteiger partial charge in [-0.05, 0) is 42.8 Å². The summed E-state index contributed by atoms with van der Waals surface area (Å²) >= 11 is 0. The van der Waals surface area contributed by atoms with Crippen LogP contribution in [0.15, 0.2) is 73.4 Å². The second-order valence-corrected chi connectivity index (χ2v) is 8.83. The number of nitrogens with one attached hydrogen (secondary N) is 3. The molecule has 37 heavy (non-hydrogen) atoms. The first-order valence-electron chi connectivity index (χ1n) is 12.2. The van der Waals surface area contributed by atoms with Crippen LogP contribution in [0, 0.1) is 0 Å². The lowest BCUT2D eigenvalue weighted by Gasteiger charge is -2.07. The molecule has 0 aliphatic carbocycles. The summed E-state index contributed by atoms with van der Waals surface area (Å²) in [5, 5.41) is 12.4. The number of fused-ring (bicyclic) bond motifs is 2. The van der Waals surface area contributed by atoms with Crippen LogP contribution in [-0.2, 0) is 4.79 Å². The number of hydrogen-bond acceptors (Lipinski definition) is 6. The Morgan fingerprint density at radius 1 is 0.919 bits per heavy atom. The summed E-state index contributed by atoms with van der Waals surface area (Å²) < 4.78 is 0. The highest BCUT2D eigenvalue weighted by Crippen LogP contribution is 2.33. The van der Waals surface area contributed by atoms with E-state index in [2.05, 4.69) is 47.4 Å². The van der Waals surface area contributed by atoms with E-state index in [0.29, 0.717) is 17.8 Å². The second kappa shape index (κ2) is 9.62. The third-order valence-corrected chi connectivity index (χ3v) is 6.24. The number of rotatable bonds is 7. The molecule has 9 nitrogen and oxygen atoms in total. The molecular weight excluding hydrogens is 464 g/mol. The highest BCUT2D eigenvalue weighted by molar-refractivity contribution is 5.99. The van der Waals surface area contributed by atoms with Gasteiger partial charge in [-0.25, -0.2) is 4.98 Å². The van der Waals surface area contributed by atoms with Crippen molar-refractivity contribution in [3.05, 3.63) is 73.4 Å². The Balaban J connectivity index is 1.37. The molecule has 0 fully saturated rings. The van der Waals surface area contributed by atoms with Gasteiger partial charge < -0.3 is 10.3 Å². The predicted molar refractivity (Wildman–Crippen MR) is 144 cm³/mol. The number of anilines is 1. The molecule has 0 aromatic carbocycles. The normalized spacial score (nSPS) is 11.3. The monoisotopic (exact) mass is 488 g/mol. The van der Waals surface area contributed by atoms with E-state index in [0.717, 1.165) is 63.0 Å². The topological polar surface area (TPSA) is 125 Å². The number of hydrogen-bond donors (Lipinski definition) is 3. The molecule has 0 atom stereocenters. The van der Waals surface area contributed by atoms with Crippen LogP contribution in [-0.4, -0.2) is 41.0 Å². The summed E-state index contributed by atoms with van der Waals surface area (Å²) in [6, 6.07) is 13.7. The van der Waals surface area contributed by atoms with Crippen molar-refractivity contribution in [2.45, 2.75) is 26.2 Å². The number of aromatic amines is 2. The predicted octanol–water partition coefficient (Wildman–Crippen LogP) is 5.75. The molecular formula is C28H24N8O. The lowest BCUT2D eigenvalue weighted by molar-refractivity contribution is -0.116. The van der Waals surface area contributed by atoms with Crippen molar-refractivity contribution in [2.75, 3.05) is 5.32 Å². The molecule has 0 saturated heterocycles. The maximum atomic E-state index is 12.2. The molecule has 0 unspecified atom stereocenters. The second-order valence-electron chi connectivity index (χ2n) is 8.83. The van der Waals surface area contributed by atoms with Gasteiger partial charge in [-0.15, -0.1) is 0 Å². The van der Waals surface area contributed by atoms with Gasteiger partial charge in [0.1, 0.15) is 5.69 Å².